The van der Waals surface area contributed by atoms with Gasteiger partial charge >= 0.3 is 0 Å². The van der Waals surface area contributed by atoms with Crippen LogP contribution < -0.4 is 19.3 Å². The first-order chi connectivity index (χ1) is 13.8. The summed E-state index contributed by atoms with van der Waals surface area (Å²) in [5.74, 6) is 1.05. The number of benzene rings is 2. The molecular weight excluding hydrogens is 386 g/mol. The van der Waals surface area contributed by atoms with E-state index in [2.05, 4.69) is 40.1 Å². The number of quaternary nitrogens is 1. The molecule has 0 fully saturated rings. The van der Waals surface area contributed by atoms with Crippen LogP contribution in [-0.2, 0) is 0 Å². The summed E-state index contributed by atoms with van der Waals surface area (Å²) in [5.41, 5.74) is 3.86. The number of nitrogens with one attached hydrogen (secondary N) is 1. The van der Waals surface area contributed by atoms with Crippen molar-refractivity contribution >= 4 is 32.6 Å². The van der Waals surface area contributed by atoms with Gasteiger partial charge in [0.15, 0.2) is 5.13 Å². The molecule has 154 valence electrons. The van der Waals surface area contributed by atoms with Gasteiger partial charge in [-0.1, -0.05) is 11.3 Å². The minimum atomic E-state index is -0.115. The number of likely N-dealkylation sites (N-methyl/N-ethyl adjacent to an activating group) is 1. The van der Waals surface area contributed by atoms with Crippen LogP contribution in [0.1, 0.15) is 21.5 Å². The molecule has 0 atom stereocenters. The average molecular weight is 415 g/mol. The summed E-state index contributed by atoms with van der Waals surface area (Å²) in [6, 6.07) is 9.46. The lowest BCUT2D eigenvalue weighted by molar-refractivity contribution is -0.856. The predicted octanol–water partition coefficient (Wildman–Crippen LogP) is 2.72. The maximum Gasteiger partial charge on any atom is 0.260 e. The van der Waals surface area contributed by atoms with Gasteiger partial charge in [-0.15, -0.1) is 0 Å². The van der Waals surface area contributed by atoms with E-state index in [1.807, 2.05) is 0 Å². The molecule has 6 nitrogen and oxygen atoms in total. The zero-order valence-electron chi connectivity index (χ0n) is 17.8. The molecule has 0 aliphatic heterocycles. The molecule has 0 bridgehead atoms. The van der Waals surface area contributed by atoms with Crippen molar-refractivity contribution in [3.63, 3.8) is 0 Å². The van der Waals surface area contributed by atoms with E-state index >= 15 is 0 Å². The number of aryl methyl sites for hydroxylation is 2. The molecule has 0 aliphatic carbocycles. The highest BCUT2D eigenvalue weighted by Crippen LogP contribution is 2.32. The Hall–Kier alpha value is -2.64. The highest BCUT2D eigenvalue weighted by molar-refractivity contribution is 7.22. The summed E-state index contributed by atoms with van der Waals surface area (Å²) in [6.45, 7) is 5.54. The molecule has 0 unspecified atom stereocenters. The Bertz CT molecular complexity index is 968. The number of aromatic nitrogens is 1. The second kappa shape index (κ2) is 8.80. The number of hydrogen-bond acceptors (Lipinski definition) is 5. The van der Waals surface area contributed by atoms with Gasteiger partial charge in [0.1, 0.15) is 11.5 Å². The van der Waals surface area contributed by atoms with Gasteiger partial charge in [-0.05, 0) is 49.2 Å². The maximum absolute atomic E-state index is 13.5. The Kier molecular flexibility index (Phi) is 6.39. The van der Waals surface area contributed by atoms with Crippen molar-refractivity contribution in [3.8, 4) is 11.5 Å². The minimum Gasteiger partial charge on any atom is -0.497 e. The minimum absolute atomic E-state index is 0.115. The van der Waals surface area contributed by atoms with Gasteiger partial charge in [0.2, 0.25) is 0 Å². The normalized spacial score (nSPS) is 11.1. The van der Waals surface area contributed by atoms with Crippen LogP contribution in [0.3, 0.4) is 0 Å². The molecule has 1 N–H and O–H groups in total. The Morgan fingerprint density at radius 1 is 1.03 bits per heavy atom. The third-order valence-electron chi connectivity index (χ3n) is 4.90. The number of hydrogen-bond donors (Lipinski definition) is 1. The van der Waals surface area contributed by atoms with Gasteiger partial charge in [-0.3, -0.25) is 9.69 Å². The Morgan fingerprint density at radius 2 is 1.66 bits per heavy atom. The lowest BCUT2D eigenvalue weighted by atomic mass is 10.1. The second-order valence-corrected chi connectivity index (χ2v) is 8.42. The first-order valence-corrected chi connectivity index (χ1v) is 10.4. The highest BCUT2D eigenvalue weighted by atomic mass is 32.1. The summed E-state index contributed by atoms with van der Waals surface area (Å²) >= 11 is 1.55. The SMILES string of the molecule is COc1cc(OC)cc(C(=O)N(CC[NH+](C)C)c2nc3cc(C)c(C)cc3s2)c1. The van der Waals surface area contributed by atoms with E-state index in [9.17, 15) is 4.79 Å². The predicted molar refractivity (Wildman–Crippen MR) is 118 cm³/mol. The van der Waals surface area contributed by atoms with Gasteiger partial charge < -0.3 is 14.4 Å². The summed E-state index contributed by atoms with van der Waals surface area (Å²) in [4.78, 5) is 21.3. The summed E-state index contributed by atoms with van der Waals surface area (Å²) in [7, 11) is 7.30. The van der Waals surface area contributed by atoms with Crippen LogP contribution >= 0.6 is 11.3 Å². The molecule has 1 heterocycles. The lowest BCUT2D eigenvalue weighted by Gasteiger charge is -2.21. The molecule has 0 spiro atoms. The maximum atomic E-state index is 13.5. The molecule has 3 rings (SSSR count). The van der Waals surface area contributed by atoms with Gasteiger partial charge in [0.05, 0.1) is 51.6 Å². The van der Waals surface area contributed by atoms with Crippen LogP contribution in [0.5, 0.6) is 11.5 Å². The largest absolute Gasteiger partial charge is 0.497 e. The van der Waals surface area contributed by atoms with E-state index in [-0.39, 0.29) is 5.91 Å². The number of carbonyl (C=O) groups is 1. The molecule has 29 heavy (non-hydrogen) atoms. The zero-order valence-corrected chi connectivity index (χ0v) is 18.6. The summed E-state index contributed by atoms with van der Waals surface area (Å²) in [6.07, 6.45) is 0. The number of fused-ring (bicyclic) bond motifs is 1. The second-order valence-electron chi connectivity index (χ2n) is 7.42. The van der Waals surface area contributed by atoms with Gasteiger partial charge in [0, 0.05) is 11.6 Å². The number of thiazole rings is 1. The van der Waals surface area contributed by atoms with Crippen LogP contribution in [0, 0.1) is 13.8 Å². The van der Waals surface area contributed by atoms with Gasteiger partial charge in [-0.25, -0.2) is 4.98 Å². The van der Waals surface area contributed by atoms with Crippen LogP contribution in [-0.4, -0.2) is 52.3 Å². The zero-order chi connectivity index (χ0) is 21.1. The molecular formula is C22H28N3O3S+. The van der Waals surface area contributed by atoms with E-state index in [4.69, 9.17) is 14.5 Å². The number of ether oxygens (including phenoxy) is 2. The summed E-state index contributed by atoms with van der Waals surface area (Å²) < 4.78 is 11.8. The highest BCUT2D eigenvalue weighted by Gasteiger charge is 2.23. The molecule has 7 heteroatoms. The van der Waals surface area contributed by atoms with Crippen molar-refractivity contribution in [2.75, 3.05) is 46.3 Å². The van der Waals surface area contributed by atoms with Crippen LogP contribution in [0.4, 0.5) is 5.13 Å². The molecule has 1 aromatic heterocycles. The number of carbonyl (C=O) groups excluding carboxylic acids is 1. The summed E-state index contributed by atoms with van der Waals surface area (Å²) in [5, 5.41) is 0.707. The fraction of sp³-hybridized carbons (Fsp3) is 0.364. The Morgan fingerprint density at radius 3 is 2.24 bits per heavy atom. The van der Waals surface area contributed by atoms with E-state index < -0.39 is 0 Å². The van der Waals surface area contributed by atoms with Crippen molar-refractivity contribution in [2.24, 2.45) is 0 Å². The third kappa shape index (κ3) is 4.68. The Labute approximate surface area is 175 Å². The van der Waals surface area contributed by atoms with Crippen LogP contribution in [0.2, 0.25) is 0 Å². The van der Waals surface area contributed by atoms with E-state index in [0.717, 1.165) is 16.8 Å². The molecule has 0 aliphatic rings. The Balaban J connectivity index is 2.04. The topological polar surface area (TPSA) is 56.1 Å². The quantitative estimate of drug-likeness (QED) is 0.646. The van der Waals surface area contributed by atoms with Crippen molar-refractivity contribution in [3.05, 3.63) is 47.0 Å². The monoisotopic (exact) mass is 414 g/mol. The number of rotatable bonds is 7. The van der Waals surface area contributed by atoms with E-state index in [1.54, 1.807) is 48.7 Å². The molecule has 0 saturated heterocycles. The molecule has 3 aromatic rings. The third-order valence-corrected chi connectivity index (χ3v) is 5.94. The number of anilines is 1. The van der Waals surface area contributed by atoms with E-state index in [1.165, 1.54) is 16.0 Å². The number of methoxy groups -OCH3 is 2. The molecule has 2 aromatic carbocycles. The fourth-order valence-electron chi connectivity index (χ4n) is 2.99. The van der Waals surface area contributed by atoms with Gasteiger partial charge in [0.25, 0.3) is 5.91 Å². The molecule has 0 radical (unpaired) electrons. The van der Waals surface area contributed by atoms with Crippen molar-refractivity contribution < 1.29 is 19.2 Å². The fourth-order valence-corrected chi connectivity index (χ4v) is 4.06. The lowest BCUT2D eigenvalue weighted by Crippen LogP contribution is -3.06. The number of nitrogens with zero attached hydrogens (tertiary/aromatic N) is 2. The van der Waals surface area contributed by atoms with Crippen LogP contribution in [0.25, 0.3) is 10.2 Å². The molecule has 1 amide bonds. The standard InChI is InChI=1S/C22H27N3O3S/c1-14-9-19-20(10-15(14)2)29-22(23-19)25(8-7-24(3)4)21(26)16-11-17(27-5)13-18(12-16)28-6/h9-13H,7-8H2,1-6H3/p+1. The van der Waals surface area contributed by atoms with E-state index in [0.29, 0.717) is 28.7 Å². The van der Waals surface area contributed by atoms with Crippen molar-refractivity contribution in [1.82, 2.24) is 4.98 Å². The molecule has 0 saturated carbocycles. The first kappa shape index (κ1) is 21.1. The first-order valence-electron chi connectivity index (χ1n) is 9.54. The van der Waals surface area contributed by atoms with Crippen LogP contribution in [0.15, 0.2) is 30.3 Å². The van der Waals surface area contributed by atoms with Crippen molar-refractivity contribution in [2.45, 2.75) is 13.8 Å². The van der Waals surface area contributed by atoms with Gasteiger partial charge in [-0.2, -0.15) is 0 Å². The number of amides is 1. The smallest absolute Gasteiger partial charge is 0.260 e. The van der Waals surface area contributed by atoms with Crippen molar-refractivity contribution in [1.29, 1.82) is 0 Å². The average Bonchev–Trinajstić information content (AvgIpc) is 3.09.